The molecule has 2 amide bonds. The second-order valence-corrected chi connectivity index (χ2v) is 8.70. The summed E-state index contributed by atoms with van der Waals surface area (Å²) in [7, 11) is 0. The Balaban J connectivity index is 1.09. The predicted octanol–water partition coefficient (Wildman–Crippen LogP) is 3.49. The summed E-state index contributed by atoms with van der Waals surface area (Å²) in [5.41, 5.74) is 7.82. The number of urea groups is 1. The van der Waals surface area contributed by atoms with Crippen LogP contribution in [0.3, 0.4) is 0 Å². The minimum absolute atomic E-state index is 0.188. The fraction of sp³-hybridized carbons (Fsp3) is 0.400. The van der Waals surface area contributed by atoms with Crippen molar-refractivity contribution in [2.24, 2.45) is 5.73 Å². The highest BCUT2D eigenvalue weighted by atomic mass is 16.5. The molecule has 1 saturated heterocycles. The largest absolute Gasteiger partial charge is 0.474 e. The van der Waals surface area contributed by atoms with E-state index in [0.717, 1.165) is 81.0 Å². The third-order valence-electron chi connectivity index (χ3n) is 6.61. The molecule has 2 aromatic carbocycles. The van der Waals surface area contributed by atoms with Gasteiger partial charge in [-0.15, -0.1) is 0 Å². The molecule has 2 aliphatic rings. The zero-order valence-corrected chi connectivity index (χ0v) is 18.4. The van der Waals surface area contributed by atoms with Crippen LogP contribution in [-0.2, 0) is 13.0 Å². The van der Waals surface area contributed by atoms with E-state index >= 15 is 0 Å². The lowest BCUT2D eigenvalue weighted by molar-refractivity contribution is 0.00524. The molecule has 0 aliphatic carbocycles. The number of piperazine rings is 1. The highest BCUT2D eigenvalue weighted by Gasteiger charge is 2.30. The van der Waals surface area contributed by atoms with Crippen LogP contribution in [0.2, 0.25) is 0 Å². The molecule has 0 radical (unpaired) electrons. The second kappa shape index (κ2) is 9.22. The second-order valence-electron chi connectivity index (χ2n) is 8.70. The van der Waals surface area contributed by atoms with Gasteiger partial charge in [0, 0.05) is 50.0 Å². The lowest BCUT2D eigenvalue weighted by atomic mass is 10.1. The lowest BCUT2D eigenvalue weighted by Gasteiger charge is -2.37. The van der Waals surface area contributed by atoms with Crippen molar-refractivity contribution >= 4 is 22.8 Å². The van der Waals surface area contributed by atoms with Gasteiger partial charge >= 0.3 is 6.03 Å². The number of carbonyl (C=O) groups excluding carboxylic acids is 1. The topological polar surface area (TPSA) is 75.8 Å². The van der Waals surface area contributed by atoms with Crippen molar-refractivity contribution in [1.29, 1.82) is 0 Å². The summed E-state index contributed by atoms with van der Waals surface area (Å²) in [5, 5.41) is 3.88. The first-order valence-corrected chi connectivity index (χ1v) is 11.5. The fourth-order valence-electron chi connectivity index (χ4n) is 4.93. The molecule has 0 saturated carbocycles. The van der Waals surface area contributed by atoms with E-state index < -0.39 is 6.03 Å². The molecule has 3 N–H and O–H groups in total. The highest BCUT2D eigenvalue weighted by molar-refractivity contribution is 5.92. The van der Waals surface area contributed by atoms with Crippen LogP contribution in [0.5, 0.6) is 5.75 Å². The van der Waals surface area contributed by atoms with Crippen molar-refractivity contribution in [3.63, 3.8) is 0 Å². The van der Waals surface area contributed by atoms with Gasteiger partial charge in [-0.05, 0) is 43.1 Å². The SMILES string of the molecule is NC(=O)Nc1cc2ccccc2n1CCCCN1CCN(C2Cc3ccccc3O2)CC1. The van der Waals surface area contributed by atoms with Crippen LogP contribution in [-0.4, -0.2) is 59.3 Å². The summed E-state index contributed by atoms with van der Waals surface area (Å²) in [6.45, 7) is 6.21. The Hall–Kier alpha value is -3.03. The van der Waals surface area contributed by atoms with Crippen LogP contribution in [0.25, 0.3) is 10.9 Å². The molecular formula is C25H31N5O2. The maximum Gasteiger partial charge on any atom is 0.317 e. The monoisotopic (exact) mass is 433 g/mol. The van der Waals surface area contributed by atoms with Crippen molar-refractivity contribution in [1.82, 2.24) is 14.4 Å². The van der Waals surface area contributed by atoms with Gasteiger partial charge < -0.3 is 19.9 Å². The maximum atomic E-state index is 11.4. The zero-order valence-electron chi connectivity index (χ0n) is 18.4. The molecule has 5 rings (SSSR count). The van der Waals surface area contributed by atoms with E-state index in [1.54, 1.807) is 0 Å². The number of nitrogens with two attached hydrogens (primary N) is 1. The number of nitrogens with zero attached hydrogens (tertiary/aromatic N) is 3. The Morgan fingerprint density at radius 3 is 2.56 bits per heavy atom. The number of aromatic nitrogens is 1. The van der Waals surface area contributed by atoms with Crippen LogP contribution in [0.4, 0.5) is 10.6 Å². The average Bonchev–Trinajstić information content (AvgIpc) is 3.38. The summed E-state index contributed by atoms with van der Waals surface area (Å²) in [5.74, 6) is 1.81. The summed E-state index contributed by atoms with van der Waals surface area (Å²) in [4.78, 5) is 16.4. The molecule has 7 nitrogen and oxygen atoms in total. The number of amides is 2. The van der Waals surface area contributed by atoms with E-state index in [1.807, 2.05) is 24.3 Å². The summed E-state index contributed by atoms with van der Waals surface area (Å²) in [6, 6.07) is 18.0. The Kier molecular flexibility index (Phi) is 6.01. The molecule has 1 atom stereocenters. The van der Waals surface area contributed by atoms with Gasteiger partial charge in [-0.2, -0.15) is 0 Å². The molecule has 1 unspecified atom stereocenters. The molecule has 1 fully saturated rings. The third-order valence-corrected chi connectivity index (χ3v) is 6.61. The highest BCUT2D eigenvalue weighted by Crippen LogP contribution is 2.30. The lowest BCUT2D eigenvalue weighted by Crippen LogP contribution is -2.51. The molecule has 2 aliphatic heterocycles. The summed E-state index contributed by atoms with van der Waals surface area (Å²) >= 11 is 0. The van der Waals surface area contributed by atoms with Gasteiger partial charge in [0.05, 0.1) is 0 Å². The number of fused-ring (bicyclic) bond motifs is 2. The number of hydrogen-bond donors (Lipinski definition) is 2. The smallest absolute Gasteiger partial charge is 0.317 e. The van der Waals surface area contributed by atoms with Gasteiger partial charge in [0.25, 0.3) is 0 Å². The van der Waals surface area contributed by atoms with E-state index in [0.29, 0.717) is 0 Å². The molecule has 1 aromatic heterocycles. The van der Waals surface area contributed by atoms with Crippen LogP contribution >= 0.6 is 0 Å². The van der Waals surface area contributed by atoms with Gasteiger partial charge in [-0.3, -0.25) is 10.2 Å². The molecule has 3 aromatic rings. The van der Waals surface area contributed by atoms with Gasteiger partial charge in [-0.25, -0.2) is 4.79 Å². The number of aryl methyl sites for hydroxylation is 1. The fourth-order valence-corrected chi connectivity index (χ4v) is 4.93. The molecule has 0 spiro atoms. The summed E-state index contributed by atoms with van der Waals surface area (Å²) < 4.78 is 8.32. The van der Waals surface area contributed by atoms with E-state index in [2.05, 4.69) is 50.0 Å². The molecule has 7 heteroatoms. The van der Waals surface area contributed by atoms with Crippen molar-refractivity contribution in [3.05, 3.63) is 60.2 Å². The number of para-hydroxylation sites is 2. The molecular weight excluding hydrogens is 402 g/mol. The zero-order chi connectivity index (χ0) is 21.9. The first kappa shape index (κ1) is 20.8. The normalized spacial score (nSPS) is 19.1. The number of primary amides is 1. The first-order chi connectivity index (χ1) is 15.7. The Morgan fingerprint density at radius 2 is 1.75 bits per heavy atom. The number of nitrogens with one attached hydrogen (secondary N) is 1. The number of unbranched alkanes of at least 4 members (excludes halogenated alkanes) is 1. The van der Waals surface area contributed by atoms with Gasteiger partial charge in [0.1, 0.15) is 11.6 Å². The van der Waals surface area contributed by atoms with E-state index in [1.165, 1.54) is 5.56 Å². The van der Waals surface area contributed by atoms with E-state index in [-0.39, 0.29) is 6.23 Å². The number of hydrogen-bond acceptors (Lipinski definition) is 4. The Bertz CT molecular complexity index is 1060. The minimum Gasteiger partial charge on any atom is -0.474 e. The predicted molar refractivity (Wildman–Crippen MR) is 127 cm³/mol. The number of benzene rings is 2. The molecule has 3 heterocycles. The molecule has 32 heavy (non-hydrogen) atoms. The summed E-state index contributed by atoms with van der Waals surface area (Å²) in [6.07, 6.45) is 3.34. The number of rotatable bonds is 7. The molecule has 168 valence electrons. The maximum absolute atomic E-state index is 11.4. The van der Waals surface area contributed by atoms with Crippen LogP contribution < -0.4 is 15.8 Å². The number of carbonyl (C=O) groups is 1. The Morgan fingerprint density at radius 1 is 1.00 bits per heavy atom. The van der Waals surface area contributed by atoms with Crippen LogP contribution in [0, 0.1) is 0 Å². The van der Waals surface area contributed by atoms with Crippen molar-refractivity contribution in [2.45, 2.75) is 32.0 Å². The van der Waals surface area contributed by atoms with Crippen molar-refractivity contribution < 1.29 is 9.53 Å². The average molecular weight is 434 g/mol. The number of anilines is 1. The quantitative estimate of drug-likeness (QED) is 0.560. The molecule has 0 bridgehead atoms. The van der Waals surface area contributed by atoms with Crippen molar-refractivity contribution in [2.75, 3.05) is 38.0 Å². The van der Waals surface area contributed by atoms with Gasteiger partial charge in [-0.1, -0.05) is 36.4 Å². The van der Waals surface area contributed by atoms with Crippen LogP contribution in [0.15, 0.2) is 54.6 Å². The minimum atomic E-state index is -0.527. The Labute approximate surface area is 188 Å². The first-order valence-electron chi connectivity index (χ1n) is 11.5. The van der Waals surface area contributed by atoms with E-state index in [9.17, 15) is 4.79 Å². The van der Waals surface area contributed by atoms with Gasteiger partial charge in [0.2, 0.25) is 0 Å². The van der Waals surface area contributed by atoms with E-state index in [4.69, 9.17) is 10.5 Å². The standard InChI is InChI=1S/C25H31N5O2/c26-25(31)27-23-17-19-7-1-3-9-21(19)30(23)12-6-5-11-28-13-15-29(16-14-28)24-18-20-8-2-4-10-22(20)32-24/h1-4,7-10,17,24H,5-6,11-16,18H2,(H3,26,27,31). The van der Waals surface area contributed by atoms with Gasteiger partial charge in [0.15, 0.2) is 6.23 Å². The third kappa shape index (κ3) is 4.45. The van der Waals surface area contributed by atoms with Crippen molar-refractivity contribution in [3.8, 4) is 5.75 Å². The number of ether oxygens (including phenoxy) is 1. The van der Waals surface area contributed by atoms with Crippen LogP contribution in [0.1, 0.15) is 18.4 Å².